The standard InChI is InChI=1S/C13H19N3O4S/c1-3-20-13(17)11-9-14-15-12(11)21(18,19)16(2)10-7-5-4-6-8-10/h4-8,11-12,14-15H,3,9H2,1-2H3. The van der Waals surface area contributed by atoms with E-state index in [-0.39, 0.29) is 13.2 Å². The molecule has 0 saturated carbocycles. The first kappa shape index (κ1) is 15.7. The Hall–Kier alpha value is -1.64. The van der Waals surface area contributed by atoms with E-state index < -0.39 is 27.3 Å². The monoisotopic (exact) mass is 313 g/mol. The summed E-state index contributed by atoms with van der Waals surface area (Å²) in [6.07, 6.45) is 0. The summed E-state index contributed by atoms with van der Waals surface area (Å²) in [7, 11) is -2.28. The Morgan fingerprint density at radius 3 is 2.67 bits per heavy atom. The van der Waals surface area contributed by atoms with Gasteiger partial charge in [0.25, 0.3) is 10.0 Å². The van der Waals surface area contributed by atoms with Gasteiger partial charge in [-0.1, -0.05) is 18.2 Å². The second-order valence-corrected chi connectivity index (χ2v) is 6.74. The van der Waals surface area contributed by atoms with E-state index in [0.29, 0.717) is 5.69 Å². The molecule has 1 aromatic carbocycles. The zero-order valence-corrected chi connectivity index (χ0v) is 12.8. The van der Waals surface area contributed by atoms with Gasteiger partial charge in [0.15, 0.2) is 5.37 Å². The van der Waals surface area contributed by atoms with Crippen molar-refractivity contribution < 1.29 is 17.9 Å². The maximum absolute atomic E-state index is 12.7. The molecule has 2 rings (SSSR count). The van der Waals surface area contributed by atoms with Crippen LogP contribution < -0.4 is 15.2 Å². The third-order valence-corrected chi connectivity index (χ3v) is 5.41. The number of esters is 1. The van der Waals surface area contributed by atoms with E-state index >= 15 is 0 Å². The third kappa shape index (κ3) is 3.17. The average molecular weight is 313 g/mol. The fourth-order valence-electron chi connectivity index (χ4n) is 2.17. The molecule has 1 saturated heterocycles. The summed E-state index contributed by atoms with van der Waals surface area (Å²) < 4.78 is 31.4. The molecule has 2 atom stereocenters. The van der Waals surface area contributed by atoms with Gasteiger partial charge in [0.1, 0.15) is 5.92 Å². The highest BCUT2D eigenvalue weighted by molar-refractivity contribution is 7.93. The van der Waals surface area contributed by atoms with Crippen LogP contribution in [0.25, 0.3) is 0 Å². The molecular formula is C13H19N3O4S. The zero-order valence-electron chi connectivity index (χ0n) is 11.9. The molecule has 0 bridgehead atoms. The lowest BCUT2D eigenvalue weighted by atomic mass is 10.2. The van der Waals surface area contributed by atoms with E-state index in [1.807, 2.05) is 0 Å². The van der Waals surface area contributed by atoms with E-state index in [0.717, 1.165) is 0 Å². The van der Waals surface area contributed by atoms with Crippen LogP contribution in [0.3, 0.4) is 0 Å². The van der Waals surface area contributed by atoms with E-state index in [1.54, 1.807) is 37.3 Å². The van der Waals surface area contributed by atoms with Crippen LogP contribution in [0.1, 0.15) is 6.92 Å². The van der Waals surface area contributed by atoms with Crippen molar-refractivity contribution >= 4 is 21.7 Å². The van der Waals surface area contributed by atoms with Gasteiger partial charge in [0.05, 0.1) is 12.3 Å². The lowest BCUT2D eigenvalue weighted by Crippen LogP contribution is -2.47. The molecule has 1 fully saturated rings. The number of nitrogens with zero attached hydrogens (tertiary/aromatic N) is 1. The van der Waals surface area contributed by atoms with Crippen LogP contribution >= 0.6 is 0 Å². The van der Waals surface area contributed by atoms with Crippen molar-refractivity contribution in [2.45, 2.75) is 12.3 Å². The molecule has 1 aliphatic heterocycles. The third-order valence-electron chi connectivity index (χ3n) is 3.34. The zero-order chi connectivity index (χ0) is 15.5. The number of sulfonamides is 1. The Labute approximate surface area is 124 Å². The quantitative estimate of drug-likeness (QED) is 0.748. The molecule has 1 heterocycles. The van der Waals surface area contributed by atoms with Crippen LogP contribution in [-0.4, -0.2) is 40.0 Å². The van der Waals surface area contributed by atoms with Crippen LogP contribution in [-0.2, 0) is 19.6 Å². The van der Waals surface area contributed by atoms with Gasteiger partial charge in [-0.3, -0.25) is 14.5 Å². The second-order valence-electron chi connectivity index (χ2n) is 4.65. The summed E-state index contributed by atoms with van der Waals surface area (Å²) in [5, 5.41) is -1.05. The topological polar surface area (TPSA) is 87.7 Å². The minimum Gasteiger partial charge on any atom is -0.466 e. The van der Waals surface area contributed by atoms with Gasteiger partial charge in [0, 0.05) is 13.6 Å². The number of nitrogens with one attached hydrogen (secondary N) is 2. The van der Waals surface area contributed by atoms with E-state index in [9.17, 15) is 13.2 Å². The normalized spacial score (nSPS) is 22.0. The van der Waals surface area contributed by atoms with Crippen molar-refractivity contribution in [3.63, 3.8) is 0 Å². The van der Waals surface area contributed by atoms with Gasteiger partial charge < -0.3 is 4.74 Å². The number of benzene rings is 1. The summed E-state index contributed by atoms with van der Waals surface area (Å²) in [4.78, 5) is 11.9. The lowest BCUT2D eigenvalue weighted by Gasteiger charge is -2.25. The second kappa shape index (κ2) is 6.42. The fraction of sp³-hybridized carbons (Fsp3) is 0.462. The molecule has 116 valence electrons. The van der Waals surface area contributed by atoms with E-state index in [1.165, 1.54) is 11.4 Å². The first-order chi connectivity index (χ1) is 9.98. The first-order valence-electron chi connectivity index (χ1n) is 6.66. The van der Waals surface area contributed by atoms with Crippen LogP contribution in [0.4, 0.5) is 5.69 Å². The van der Waals surface area contributed by atoms with Crippen molar-refractivity contribution in [2.75, 3.05) is 24.5 Å². The van der Waals surface area contributed by atoms with Gasteiger partial charge >= 0.3 is 5.97 Å². The summed E-state index contributed by atoms with van der Waals surface area (Å²) in [6.45, 7) is 2.12. The molecule has 2 unspecified atom stereocenters. The number of para-hydroxylation sites is 1. The van der Waals surface area contributed by atoms with Gasteiger partial charge in [-0.15, -0.1) is 0 Å². The predicted octanol–water partition coefficient (Wildman–Crippen LogP) is 0.0658. The SMILES string of the molecule is CCOC(=O)C1CNNC1S(=O)(=O)N(C)c1ccccc1. The minimum absolute atomic E-state index is 0.214. The molecule has 0 amide bonds. The smallest absolute Gasteiger partial charge is 0.313 e. The van der Waals surface area contributed by atoms with Crippen molar-refractivity contribution in [3.05, 3.63) is 30.3 Å². The van der Waals surface area contributed by atoms with Crippen molar-refractivity contribution in [1.82, 2.24) is 10.9 Å². The van der Waals surface area contributed by atoms with Crippen LogP contribution in [0.15, 0.2) is 30.3 Å². The number of hydrazine groups is 1. The number of ether oxygens (including phenoxy) is 1. The van der Waals surface area contributed by atoms with Gasteiger partial charge in [-0.05, 0) is 19.1 Å². The van der Waals surface area contributed by atoms with Crippen molar-refractivity contribution in [2.24, 2.45) is 5.92 Å². The van der Waals surface area contributed by atoms with Crippen LogP contribution in [0.5, 0.6) is 0 Å². The summed E-state index contributed by atoms with van der Waals surface area (Å²) in [6, 6.07) is 8.70. The average Bonchev–Trinajstić information content (AvgIpc) is 2.98. The summed E-state index contributed by atoms with van der Waals surface area (Å²) >= 11 is 0. The van der Waals surface area contributed by atoms with Crippen LogP contribution in [0.2, 0.25) is 0 Å². The van der Waals surface area contributed by atoms with E-state index in [4.69, 9.17) is 4.74 Å². The molecular weight excluding hydrogens is 294 g/mol. The Morgan fingerprint density at radius 2 is 2.05 bits per heavy atom. The number of anilines is 1. The highest BCUT2D eigenvalue weighted by Crippen LogP contribution is 2.23. The number of carbonyl (C=O) groups is 1. The summed E-state index contributed by atoms with van der Waals surface area (Å²) in [5.74, 6) is -1.30. The fourth-order valence-corrected chi connectivity index (χ4v) is 3.78. The van der Waals surface area contributed by atoms with Crippen molar-refractivity contribution in [3.8, 4) is 0 Å². The number of rotatable bonds is 5. The molecule has 1 aromatic rings. The number of hydrogen-bond acceptors (Lipinski definition) is 6. The molecule has 2 N–H and O–H groups in total. The van der Waals surface area contributed by atoms with Crippen molar-refractivity contribution in [1.29, 1.82) is 0 Å². The lowest BCUT2D eigenvalue weighted by molar-refractivity contribution is -0.147. The Balaban J connectivity index is 2.24. The molecule has 0 radical (unpaired) electrons. The largest absolute Gasteiger partial charge is 0.466 e. The van der Waals surface area contributed by atoms with Gasteiger partial charge in [0.2, 0.25) is 0 Å². The predicted molar refractivity (Wildman–Crippen MR) is 78.8 cm³/mol. The molecule has 0 spiro atoms. The Kier molecular flexibility index (Phi) is 4.81. The van der Waals surface area contributed by atoms with Gasteiger partial charge in [-0.25, -0.2) is 13.8 Å². The minimum atomic E-state index is -3.75. The Morgan fingerprint density at radius 1 is 1.38 bits per heavy atom. The molecule has 0 aliphatic carbocycles. The molecule has 8 heteroatoms. The molecule has 21 heavy (non-hydrogen) atoms. The maximum Gasteiger partial charge on any atom is 0.313 e. The highest BCUT2D eigenvalue weighted by atomic mass is 32.2. The first-order valence-corrected chi connectivity index (χ1v) is 8.16. The summed E-state index contributed by atoms with van der Waals surface area (Å²) in [5.41, 5.74) is 5.91. The Bertz CT molecular complexity index is 591. The number of hydrogen-bond donors (Lipinski definition) is 2. The molecule has 7 nitrogen and oxygen atoms in total. The van der Waals surface area contributed by atoms with Crippen LogP contribution in [0, 0.1) is 5.92 Å². The van der Waals surface area contributed by atoms with E-state index in [2.05, 4.69) is 10.9 Å². The maximum atomic E-state index is 12.7. The molecule has 0 aromatic heterocycles. The molecule has 1 aliphatic rings. The number of carbonyl (C=O) groups excluding carboxylic acids is 1. The highest BCUT2D eigenvalue weighted by Gasteiger charge is 2.44. The van der Waals surface area contributed by atoms with Gasteiger partial charge in [-0.2, -0.15) is 0 Å².